The number of hydrogen-bond acceptors (Lipinski definition) is 5. The summed E-state index contributed by atoms with van der Waals surface area (Å²) < 4.78 is 14.9. The second kappa shape index (κ2) is 7.12. The summed E-state index contributed by atoms with van der Waals surface area (Å²) in [6, 6.07) is 11.1. The molecule has 0 unspecified atom stereocenters. The van der Waals surface area contributed by atoms with E-state index in [0.717, 1.165) is 11.0 Å². The molecule has 0 saturated heterocycles. The Bertz CT molecular complexity index is 1140. The third-order valence-corrected chi connectivity index (χ3v) is 4.33. The van der Waals surface area contributed by atoms with Crippen molar-refractivity contribution in [3.05, 3.63) is 58.9 Å². The topological polar surface area (TPSA) is 95.7 Å². The monoisotopic (exact) mass is 369 g/mol. The van der Waals surface area contributed by atoms with Gasteiger partial charge < -0.3 is 19.0 Å². The molecule has 27 heavy (non-hydrogen) atoms. The molecule has 1 N–H and O–H groups in total. The van der Waals surface area contributed by atoms with Gasteiger partial charge in [0.1, 0.15) is 12.3 Å². The van der Waals surface area contributed by atoms with Gasteiger partial charge in [-0.1, -0.05) is 12.1 Å². The number of carbonyl (C=O) groups is 1. The van der Waals surface area contributed by atoms with Crippen molar-refractivity contribution in [2.45, 2.75) is 19.6 Å². The van der Waals surface area contributed by atoms with E-state index in [9.17, 15) is 9.59 Å². The van der Waals surface area contributed by atoms with E-state index in [4.69, 9.17) is 9.15 Å². The van der Waals surface area contributed by atoms with E-state index in [2.05, 4.69) is 10.4 Å². The van der Waals surface area contributed by atoms with Gasteiger partial charge in [0, 0.05) is 13.7 Å². The van der Waals surface area contributed by atoms with E-state index in [1.807, 2.05) is 28.8 Å². The van der Waals surface area contributed by atoms with Crippen molar-refractivity contribution in [3.8, 4) is 0 Å². The van der Waals surface area contributed by atoms with Crippen LogP contribution in [0.4, 0.5) is 0 Å². The number of nitrogens with one attached hydrogen (secondary N) is 1. The van der Waals surface area contributed by atoms with Crippen LogP contribution in [0.3, 0.4) is 0 Å². The van der Waals surface area contributed by atoms with Gasteiger partial charge in [-0.05, 0) is 24.3 Å². The molecule has 4 aromatic rings. The summed E-state index contributed by atoms with van der Waals surface area (Å²) in [5.74, 6) is 0.807. The van der Waals surface area contributed by atoms with E-state index < -0.39 is 0 Å². The first-order chi connectivity index (χ1) is 13.2. The molecule has 3 aromatic heterocycles. The molecule has 0 radical (unpaired) electrons. The van der Waals surface area contributed by atoms with Crippen LogP contribution in [-0.4, -0.2) is 38.4 Å². The van der Waals surface area contributed by atoms with Gasteiger partial charge in [0.25, 0.3) is 0 Å². The fourth-order valence-electron chi connectivity index (χ4n) is 3.07. The molecule has 0 fully saturated rings. The van der Waals surface area contributed by atoms with E-state index in [-0.39, 0.29) is 24.7 Å². The standard InChI is InChI=1S/C18H19N5O4/c1-26-10-8-21-14-6-2-3-7-15(14)23-17(21)20-22(18(23)25)12-16(24)19-11-13-5-4-9-27-13/h2-7,9H,8,10-12H2,1H3,(H,19,24). The molecule has 9 nitrogen and oxygen atoms in total. The minimum Gasteiger partial charge on any atom is -0.467 e. The molecule has 0 aliphatic rings. The molecule has 0 atom stereocenters. The highest BCUT2D eigenvalue weighted by atomic mass is 16.5. The number of methoxy groups -OCH3 is 1. The van der Waals surface area contributed by atoms with Gasteiger partial charge in [-0.3, -0.25) is 4.79 Å². The average molecular weight is 369 g/mol. The predicted octanol–water partition coefficient (Wildman–Crippen LogP) is 1.01. The Balaban J connectivity index is 1.65. The summed E-state index contributed by atoms with van der Waals surface area (Å²) in [5.41, 5.74) is 1.28. The molecule has 1 amide bonds. The number of para-hydroxylation sites is 2. The number of hydrogen-bond donors (Lipinski definition) is 1. The lowest BCUT2D eigenvalue weighted by molar-refractivity contribution is -0.122. The van der Waals surface area contributed by atoms with Gasteiger partial charge in [-0.15, -0.1) is 5.10 Å². The zero-order valence-corrected chi connectivity index (χ0v) is 14.8. The van der Waals surface area contributed by atoms with Gasteiger partial charge >= 0.3 is 5.69 Å². The Morgan fingerprint density at radius 1 is 1.22 bits per heavy atom. The molecule has 140 valence electrons. The molecule has 0 aliphatic heterocycles. The number of aromatic nitrogens is 4. The van der Waals surface area contributed by atoms with Crippen LogP contribution in [0.25, 0.3) is 16.8 Å². The van der Waals surface area contributed by atoms with Crippen molar-refractivity contribution >= 4 is 22.7 Å². The van der Waals surface area contributed by atoms with Gasteiger partial charge in [-0.25, -0.2) is 13.9 Å². The third kappa shape index (κ3) is 3.13. The highest BCUT2D eigenvalue weighted by Gasteiger charge is 2.18. The SMILES string of the molecule is COCCn1c2ccccc2n2c(=O)n(CC(=O)NCc3ccco3)nc12. The zero-order valence-electron chi connectivity index (χ0n) is 14.8. The average Bonchev–Trinajstić information content (AvgIpc) is 3.36. The highest BCUT2D eigenvalue weighted by molar-refractivity contribution is 5.80. The van der Waals surface area contributed by atoms with Crippen molar-refractivity contribution in [2.75, 3.05) is 13.7 Å². The van der Waals surface area contributed by atoms with Crippen LogP contribution in [0.5, 0.6) is 0 Å². The van der Waals surface area contributed by atoms with E-state index in [1.54, 1.807) is 19.2 Å². The number of furan rings is 1. The minimum absolute atomic E-state index is 0.167. The molecule has 0 aliphatic carbocycles. The predicted molar refractivity (Wildman–Crippen MR) is 97.4 cm³/mol. The number of rotatable bonds is 7. The Labute approximate surface area is 153 Å². The molecule has 0 bridgehead atoms. The number of amides is 1. The number of benzene rings is 1. The normalized spacial score (nSPS) is 11.4. The smallest absolute Gasteiger partial charge is 0.352 e. The number of imidazole rings is 1. The molecule has 3 heterocycles. The van der Waals surface area contributed by atoms with Crippen LogP contribution in [-0.2, 0) is 29.2 Å². The first kappa shape index (κ1) is 17.1. The number of ether oxygens (including phenoxy) is 1. The lowest BCUT2D eigenvalue weighted by Crippen LogP contribution is -2.32. The first-order valence-corrected chi connectivity index (χ1v) is 8.54. The van der Waals surface area contributed by atoms with Crippen LogP contribution < -0.4 is 11.0 Å². The second-order valence-corrected chi connectivity index (χ2v) is 6.06. The van der Waals surface area contributed by atoms with Crippen molar-refractivity contribution in [1.29, 1.82) is 0 Å². The van der Waals surface area contributed by atoms with Crippen molar-refractivity contribution < 1.29 is 13.9 Å². The number of fused-ring (bicyclic) bond motifs is 3. The molecule has 9 heteroatoms. The van der Waals surface area contributed by atoms with Crippen LogP contribution in [0.15, 0.2) is 51.9 Å². The lowest BCUT2D eigenvalue weighted by Gasteiger charge is -2.04. The van der Waals surface area contributed by atoms with E-state index in [1.165, 1.54) is 15.3 Å². The molecule has 1 aromatic carbocycles. The summed E-state index contributed by atoms with van der Waals surface area (Å²) >= 11 is 0. The molecule has 4 rings (SSSR count). The van der Waals surface area contributed by atoms with Crippen LogP contribution in [0.1, 0.15) is 5.76 Å². The highest BCUT2D eigenvalue weighted by Crippen LogP contribution is 2.18. The Kier molecular flexibility index (Phi) is 4.51. The third-order valence-electron chi connectivity index (χ3n) is 4.33. The fourth-order valence-corrected chi connectivity index (χ4v) is 3.07. The molecular formula is C18H19N5O4. The van der Waals surface area contributed by atoms with Gasteiger partial charge in [0.2, 0.25) is 11.7 Å². The number of nitrogens with zero attached hydrogens (tertiary/aromatic N) is 4. The summed E-state index contributed by atoms with van der Waals surface area (Å²) in [6.45, 7) is 1.13. The van der Waals surface area contributed by atoms with Gasteiger partial charge in [-0.2, -0.15) is 0 Å². The van der Waals surface area contributed by atoms with Crippen LogP contribution in [0, 0.1) is 0 Å². The van der Waals surface area contributed by atoms with Crippen molar-refractivity contribution in [3.63, 3.8) is 0 Å². The van der Waals surface area contributed by atoms with E-state index >= 15 is 0 Å². The maximum Gasteiger partial charge on any atom is 0.352 e. The second-order valence-electron chi connectivity index (χ2n) is 6.06. The largest absolute Gasteiger partial charge is 0.467 e. The van der Waals surface area contributed by atoms with Crippen molar-refractivity contribution in [1.82, 2.24) is 24.1 Å². The Morgan fingerprint density at radius 2 is 2.04 bits per heavy atom. The molecular weight excluding hydrogens is 350 g/mol. The lowest BCUT2D eigenvalue weighted by atomic mass is 10.3. The van der Waals surface area contributed by atoms with Crippen LogP contribution >= 0.6 is 0 Å². The van der Waals surface area contributed by atoms with Gasteiger partial charge in [0.15, 0.2) is 0 Å². The van der Waals surface area contributed by atoms with Crippen LogP contribution in [0.2, 0.25) is 0 Å². The number of carbonyl (C=O) groups excluding carboxylic acids is 1. The molecule has 0 spiro atoms. The first-order valence-electron chi connectivity index (χ1n) is 8.54. The van der Waals surface area contributed by atoms with Crippen molar-refractivity contribution in [2.24, 2.45) is 0 Å². The zero-order chi connectivity index (χ0) is 18.8. The quantitative estimate of drug-likeness (QED) is 0.524. The van der Waals surface area contributed by atoms with Gasteiger partial charge in [0.05, 0.1) is 30.4 Å². The maximum absolute atomic E-state index is 12.8. The summed E-state index contributed by atoms with van der Waals surface area (Å²) in [4.78, 5) is 25.0. The summed E-state index contributed by atoms with van der Waals surface area (Å²) in [5, 5.41) is 7.09. The maximum atomic E-state index is 12.8. The Morgan fingerprint density at radius 3 is 2.78 bits per heavy atom. The Hall–Kier alpha value is -3.33. The minimum atomic E-state index is -0.356. The van der Waals surface area contributed by atoms with E-state index in [0.29, 0.717) is 24.7 Å². The molecule has 0 saturated carbocycles. The fraction of sp³-hybridized carbons (Fsp3) is 0.278. The summed E-state index contributed by atoms with van der Waals surface area (Å²) in [6.07, 6.45) is 1.54. The summed E-state index contributed by atoms with van der Waals surface area (Å²) in [7, 11) is 1.62.